The number of carbonyl (C=O) groups is 1. The van der Waals surface area contributed by atoms with E-state index in [1.807, 2.05) is 54.6 Å². The molecule has 3 aromatic carbocycles. The Kier molecular flexibility index (Phi) is 4.25. The summed E-state index contributed by atoms with van der Waals surface area (Å²) in [5, 5.41) is 17.3. The molecule has 5 rings (SSSR count). The summed E-state index contributed by atoms with van der Waals surface area (Å²) in [5.74, 6) is 0. The number of anilines is 1. The number of rotatable bonds is 3. The second kappa shape index (κ2) is 7.10. The van der Waals surface area contributed by atoms with E-state index in [9.17, 15) is 19.7 Å². The van der Waals surface area contributed by atoms with Crippen LogP contribution in [0.5, 0.6) is 0 Å². The van der Waals surface area contributed by atoms with E-state index in [1.165, 1.54) is 12.1 Å². The summed E-state index contributed by atoms with van der Waals surface area (Å²) in [6.45, 7) is 0. The number of pyridine rings is 1. The Morgan fingerprint density at radius 3 is 2.26 bits per heavy atom. The zero-order valence-corrected chi connectivity index (χ0v) is 16.1. The summed E-state index contributed by atoms with van der Waals surface area (Å²) in [5.41, 5.74) is 2.41. The molecule has 0 bridgehead atoms. The molecule has 0 aliphatic carbocycles. The van der Waals surface area contributed by atoms with Crippen molar-refractivity contribution in [3.05, 3.63) is 110 Å². The topological polar surface area (TPSA) is 106 Å². The quantitative estimate of drug-likeness (QED) is 0.390. The van der Waals surface area contributed by atoms with Crippen molar-refractivity contribution in [2.24, 2.45) is 0 Å². The lowest BCUT2D eigenvalue weighted by atomic mass is 9.94. The number of non-ortho nitro benzene ring substituents is 1. The number of carbonyl (C=O) groups excluding carboxylic acids is 1. The zero-order chi connectivity index (χ0) is 21.5. The average molecular weight is 412 g/mol. The van der Waals surface area contributed by atoms with Gasteiger partial charge in [0.2, 0.25) is 0 Å². The Morgan fingerprint density at radius 1 is 0.871 bits per heavy atom. The van der Waals surface area contributed by atoms with E-state index >= 15 is 0 Å². The van der Waals surface area contributed by atoms with E-state index in [0.717, 1.165) is 5.39 Å². The molecule has 1 atom stereocenters. The van der Waals surface area contributed by atoms with E-state index in [-0.39, 0.29) is 11.2 Å². The molecule has 4 aromatic rings. The summed E-state index contributed by atoms with van der Waals surface area (Å²) in [6, 6.07) is 21.3. The maximum atomic E-state index is 13.8. The van der Waals surface area contributed by atoms with E-state index in [0.29, 0.717) is 28.0 Å². The van der Waals surface area contributed by atoms with Crippen molar-refractivity contribution < 1.29 is 9.72 Å². The van der Waals surface area contributed by atoms with Gasteiger partial charge in [-0.15, -0.1) is 0 Å². The normalized spacial score (nSPS) is 15.1. The van der Waals surface area contributed by atoms with Gasteiger partial charge >= 0.3 is 6.03 Å². The summed E-state index contributed by atoms with van der Waals surface area (Å²) < 4.78 is 1.62. The number of nitro benzene ring substituents is 1. The number of nitro groups is 1. The van der Waals surface area contributed by atoms with Gasteiger partial charge in [0.15, 0.2) is 0 Å². The van der Waals surface area contributed by atoms with Gasteiger partial charge in [-0.25, -0.2) is 4.79 Å². The molecule has 2 heterocycles. The summed E-state index contributed by atoms with van der Waals surface area (Å²) in [4.78, 5) is 36.7. The first-order valence-corrected chi connectivity index (χ1v) is 9.59. The van der Waals surface area contributed by atoms with Gasteiger partial charge in [-0.3, -0.25) is 19.5 Å². The first-order chi connectivity index (χ1) is 15.0. The van der Waals surface area contributed by atoms with Crippen molar-refractivity contribution in [1.82, 2.24) is 9.88 Å². The predicted molar refractivity (Wildman–Crippen MR) is 117 cm³/mol. The number of urea groups is 1. The number of nitrogens with one attached hydrogen (secondary N) is 2. The van der Waals surface area contributed by atoms with Crippen LogP contribution >= 0.6 is 0 Å². The molecule has 31 heavy (non-hydrogen) atoms. The van der Waals surface area contributed by atoms with E-state index in [4.69, 9.17) is 0 Å². The molecule has 1 aliphatic rings. The second-order valence-electron chi connectivity index (χ2n) is 7.16. The van der Waals surface area contributed by atoms with Crippen molar-refractivity contribution in [2.75, 3.05) is 5.32 Å². The lowest BCUT2D eigenvalue weighted by Crippen LogP contribution is -2.43. The largest absolute Gasteiger partial charge is 0.327 e. The molecule has 0 saturated heterocycles. The second-order valence-corrected chi connectivity index (χ2v) is 7.16. The first-order valence-electron chi connectivity index (χ1n) is 9.59. The van der Waals surface area contributed by atoms with Crippen molar-refractivity contribution in [1.29, 1.82) is 0 Å². The minimum Gasteiger partial charge on any atom is -0.327 e. The van der Waals surface area contributed by atoms with E-state index < -0.39 is 17.0 Å². The highest BCUT2D eigenvalue weighted by molar-refractivity contribution is 6.04. The van der Waals surface area contributed by atoms with Gasteiger partial charge in [-0.2, -0.15) is 0 Å². The molecule has 0 saturated carbocycles. The Balaban J connectivity index is 1.81. The SMILES string of the molecule is O=C1Nc2c(c(=O)n(-c3ccccc3)c3ccccc23)C(c2ccc([N+](=O)[O-])cc2)N1. The standard InChI is InChI=1S/C23H16N4O4/c28-22-19-20(14-10-12-16(13-11-14)27(30)31)24-23(29)25-21(19)17-8-4-5-9-18(17)26(22)15-6-2-1-3-7-15/h1-13,20H,(H2,24,25,29). The average Bonchev–Trinajstić information content (AvgIpc) is 2.79. The molecular formula is C23H16N4O4. The zero-order valence-electron chi connectivity index (χ0n) is 16.1. The molecule has 1 unspecified atom stereocenters. The van der Waals surface area contributed by atoms with Crippen molar-refractivity contribution >= 4 is 28.3 Å². The van der Waals surface area contributed by atoms with Crippen molar-refractivity contribution in [3.8, 4) is 5.69 Å². The number of hydrogen-bond donors (Lipinski definition) is 2. The molecule has 2 N–H and O–H groups in total. The molecule has 0 radical (unpaired) electrons. The first kappa shape index (κ1) is 18.6. The van der Waals surface area contributed by atoms with Crippen LogP contribution in [0, 0.1) is 10.1 Å². The van der Waals surface area contributed by atoms with Crippen LogP contribution in [0.3, 0.4) is 0 Å². The highest BCUT2D eigenvalue weighted by Gasteiger charge is 2.32. The molecule has 2 amide bonds. The van der Waals surface area contributed by atoms with Crippen molar-refractivity contribution in [2.45, 2.75) is 6.04 Å². The smallest absolute Gasteiger partial charge is 0.320 e. The fourth-order valence-corrected chi connectivity index (χ4v) is 3.99. The molecule has 8 heteroatoms. The van der Waals surface area contributed by atoms with Crippen LogP contribution in [0.25, 0.3) is 16.6 Å². The number of benzene rings is 3. The Bertz CT molecular complexity index is 1400. The lowest BCUT2D eigenvalue weighted by molar-refractivity contribution is -0.384. The molecule has 0 fully saturated rings. The number of aromatic nitrogens is 1. The maximum absolute atomic E-state index is 13.8. The molecule has 1 aromatic heterocycles. The molecular weight excluding hydrogens is 396 g/mol. The Labute approximate surface area is 175 Å². The van der Waals surface area contributed by atoms with Crippen LogP contribution in [0.1, 0.15) is 17.2 Å². The minimum absolute atomic E-state index is 0.0653. The number of fused-ring (bicyclic) bond motifs is 3. The summed E-state index contributed by atoms with van der Waals surface area (Å²) >= 11 is 0. The minimum atomic E-state index is -0.753. The van der Waals surface area contributed by atoms with Crippen LogP contribution in [0.2, 0.25) is 0 Å². The fraction of sp³-hybridized carbons (Fsp3) is 0.0435. The third-order valence-electron chi connectivity index (χ3n) is 5.37. The van der Waals surface area contributed by atoms with Gasteiger partial charge in [0, 0.05) is 23.2 Å². The van der Waals surface area contributed by atoms with E-state index in [2.05, 4.69) is 10.6 Å². The molecule has 1 aliphatic heterocycles. The number of para-hydroxylation sites is 2. The summed E-state index contributed by atoms with van der Waals surface area (Å²) in [7, 11) is 0. The van der Waals surface area contributed by atoms with Crippen LogP contribution in [-0.2, 0) is 0 Å². The lowest BCUT2D eigenvalue weighted by Gasteiger charge is -2.29. The third kappa shape index (κ3) is 3.01. The fourth-order valence-electron chi connectivity index (χ4n) is 3.99. The van der Waals surface area contributed by atoms with Gasteiger partial charge < -0.3 is 10.6 Å². The summed E-state index contributed by atoms with van der Waals surface area (Å²) in [6.07, 6.45) is 0. The van der Waals surface area contributed by atoms with Crippen LogP contribution in [0.4, 0.5) is 16.2 Å². The molecule has 8 nitrogen and oxygen atoms in total. The van der Waals surface area contributed by atoms with Gasteiger partial charge in [0.25, 0.3) is 11.2 Å². The highest BCUT2D eigenvalue weighted by atomic mass is 16.6. The number of amides is 2. The van der Waals surface area contributed by atoms with Gasteiger partial charge in [-0.05, 0) is 35.9 Å². The van der Waals surface area contributed by atoms with Crippen LogP contribution in [-0.4, -0.2) is 15.5 Å². The maximum Gasteiger partial charge on any atom is 0.320 e. The van der Waals surface area contributed by atoms with E-state index in [1.54, 1.807) is 16.7 Å². The van der Waals surface area contributed by atoms with Crippen LogP contribution < -0.4 is 16.2 Å². The van der Waals surface area contributed by atoms with Gasteiger partial charge in [0.1, 0.15) is 0 Å². The monoisotopic (exact) mass is 412 g/mol. The van der Waals surface area contributed by atoms with Gasteiger partial charge in [-0.1, -0.05) is 36.4 Å². The van der Waals surface area contributed by atoms with Crippen LogP contribution in [0.15, 0.2) is 83.7 Å². The molecule has 152 valence electrons. The Hall–Kier alpha value is -4.46. The van der Waals surface area contributed by atoms with Crippen molar-refractivity contribution in [3.63, 3.8) is 0 Å². The molecule has 0 spiro atoms. The highest BCUT2D eigenvalue weighted by Crippen LogP contribution is 2.35. The Morgan fingerprint density at radius 2 is 1.55 bits per heavy atom. The van der Waals surface area contributed by atoms with Gasteiger partial charge in [0.05, 0.1) is 27.7 Å². The third-order valence-corrected chi connectivity index (χ3v) is 5.37. The number of nitrogens with zero attached hydrogens (tertiary/aromatic N) is 2. The number of hydrogen-bond acceptors (Lipinski definition) is 4. The predicted octanol–water partition coefficient (Wildman–Crippen LogP) is 4.12.